The SMILES string of the molecule is O=C(Oc1ccc(CSc2ncc[nH]2)cc1)N1CCN(c2ccc(F)cn2)CC1. The van der Waals surface area contributed by atoms with Gasteiger partial charge in [0.1, 0.15) is 17.4 Å². The Morgan fingerprint density at radius 2 is 1.90 bits per heavy atom. The van der Waals surface area contributed by atoms with Crippen LogP contribution in [-0.2, 0) is 5.75 Å². The second kappa shape index (κ2) is 8.95. The second-order valence-electron chi connectivity index (χ2n) is 6.50. The summed E-state index contributed by atoms with van der Waals surface area (Å²) in [6.07, 6.45) is 4.35. The van der Waals surface area contributed by atoms with Crippen LogP contribution >= 0.6 is 11.8 Å². The Kier molecular flexibility index (Phi) is 5.95. The standard InChI is InChI=1S/C20H20FN5O2S/c21-16-3-6-18(24-13-16)25-9-11-26(12-10-25)20(27)28-17-4-1-15(2-5-17)14-29-19-22-7-8-23-19/h1-8,13H,9-12,14H2,(H,22,23). The monoisotopic (exact) mass is 413 g/mol. The van der Waals surface area contributed by atoms with E-state index in [4.69, 9.17) is 4.74 Å². The van der Waals surface area contributed by atoms with Gasteiger partial charge in [-0.15, -0.1) is 0 Å². The molecule has 0 spiro atoms. The lowest BCUT2D eigenvalue weighted by Gasteiger charge is -2.34. The maximum Gasteiger partial charge on any atom is 0.415 e. The number of H-pyrrole nitrogens is 1. The number of carbonyl (C=O) groups is 1. The molecule has 3 aromatic rings. The molecule has 0 saturated carbocycles. The summed E-state index contributed by atoms with van der Waals surface area (Å²) < 4.78 is 18.5. The van der Waals surface area contributed by atoms with Crippen molar-refractivity contribution in [2.75, 3.05) is 31.1 Å². The highest BCUT2D eigenvalue weighted by atomic mass is 32.2. The molecule has 0 atom stereocenters. The van der Waals surface area contributed by atoms with Crippen molar-refractivity contribution in [1.82, 2.24) is 19.9 Å². The van der Waals surface area contributed by atoms with Crippen LogP contribution in [0.15, 0.2) is 60.1 Å². The van der Waals surface area contributed by atoms with E-state index >= 15 is 0 Å². The van der Waals surface area contributed by atoms with Crippen molar-refractivity contribution >= 4 is 23.7 Å². The minimum absolute atomic E-state index is 0.360. The largest absolute Gasteiger partial charge is 0.415 e. The molecule has 0 aliphatic carbocycles. The lowest BCUT2D eigenvalue weighted by molar-refractivity contribution is 0.149. The number of halogens is 1. The fourth-order valence-electron chi connectivity index (χ4n) is 2.97. The molecule has 1 aliphatic heterocycles. The molecule has 1 fully saturated rings. The number of aromatic amines is 1. The minimum Gasteiger partial charge on any atom is -0.410 e. The summed E-state index contributed by atoms with van der Waals surface area (Å²) >= 11 is 1.61. The molecule has 150 valence electrons. The summed E-state index contributed by atoms with van der Waals surface area (Å²) in [4.78, 5) is 27.4. The van der Waals surface area contributed by atoms with E-state index in [1.165, 1.54) is 12.3 Å². The zero-order valence-corrected chi connectivity index (χ0v) is 16.4. The van der Waals surface area contributed by atoms with Gasteiger partial charge in [-0.25, -0.2) is 19.2 Å². The maximum absolute atomic E-state index is 13.0. The Morgan fingerprint density at radius 3 is 2.55 bits per heavy atom. The number of amides is 1. The molecule has 1 amide bonds. The van der Waals surface area contributed by atoms with Crippen LogP contribution in [0.25, 0.3) is 0 Å². The Labute approximate surface area is 171 Å². The van der Waals surface area contributed by atoms with Crippen molar-refractivity contribution < 1.29 is 13.9 Å². The van der Waals surface area contributed by atoms with Gasteiger partial charge in [0.25, 0.3) is 0 Å². The molecule has 1 aliphatic rings. The molecule has 9 heteroatoms. The number of aromatic nitrogens is 3. The Bertz CT molecular complexity index is 927. The number of anilines is 1. The molecule has 1 N–H and O–H groups in total. The number of piperazine rings is 1. The summed E-state index contributed by atoms with van der Waals surface area (Å²) in [5, 5.41) is 0.871. The van der Waals surface area contributed by atoms with Crippen LogP contribution in [0.3, 0.4) is 0 Å². The molecule has 3 heterocycles. The number of hydrogen-bond acceptors (Lipinski definition) is 6. The molecule has 29 heavy (non-hydrogen) atoms. The number of benzene rings is 1. The first-order valence-corrected chi connectivity index (χ1v) is 10.2. The van der Waals surface area contributed by atoms with E-state index in [2.05, 4.69) is 15.0 Å². The number of ether oxygens (including phenoxy) is 1. The van der Waals surface area contributed by atoms with Gasteiger partial charge in [0.15, 0.2) is 5.16 Å². The van der Waals surface area contributed by atoms with Crippen LogP contribution in [0.1, 0.15) is 5.56 Å². The number of carbonyl (C=O) groups excluding carboxylic acids is 1. The topological polar surface area (TPSA) is 74.3 Å². The molecular formula is C20H20FN5O2S. The van der Waals surface area contributed by atoms with Crippen LogP contribution in [0.5, 0.6) is 5.75 Å². The quantitative estimate of drug-likeness (QED) is 0.645. The lowest BCUT2D eigenvalue weighted by atomic mass is 10.2. The lowest BCUT2D eigenvalue weighted by Crippen LogP contribution is -2.49. The molecule has 0 bridgehead atoms. The molecule has 7 nitrogen and oxygen atoms in total. The van der Waals surface area contributed by atoms with Crippen molar-refractivity contribution in [3.05, 3.63) is 66.4 Å². The van der Waals surface area contributed by atoms with E-state index in [0.717, 1.165) is 16.5 Å². The number of thioether (sulfide) groups is 1. The van der Waals surface area contributed by atoms with Gasteiger partial charge in [0.2, 0.25) is 0 Å². The van der Waals surface area contributed by atoms with Crippen LogP contribution in [0.2, 0.25) is 0 Å². The Balaban J connectivity index is 1.25. The first-order chi connectivity index (χ1) is 14.2. The van der Waals surface area contributed by atoms with Crippen molar-refractivity contribution in [2.24, 2.45) is 0 Å². The normalized spacial score (nSPS) is 14.1. The van der Waals surface area contributed by atoms with E-state index in [-0.39, 0.29) is 11.9 Å². The van der Waals surface area contributed by atoms with Crippen LogP contribution in [-0.4, -0.2) is 52.1 Å². The molecular weight excluding hydrogens is 393 g/mol. The van der Waals surface area contributed by atoms with Gasteiger partial charge in [-0.2, -0.15) is 0 Å². The molecule has 0 unspecified atom stereocenters. The van der Waals surface area contributed by atoms with E-state index in [0.29, 0.717) is 37.7 Å². The molecule has 2 aromatic heterocycles. The van der Waals surface area contributed by atoms with Gasteiger partial charge in [0, 0.05) is 44.3 Å². The van der Waals surface area contributed by atoms with Crippen molar-refractivity contribution in [3.8, 4) is 5.75 Å². The Hall–Kier alpha value is -3.07. The smallest absolute Gasteiger partial charge is 0.410 e. The van der Waals surface area contributed by atoms with Crippen molar-refractivity contribution in [1.29, 1.82) is 0 Å². The third kappa shape index (κ3) is 5.05. The van der Waals surface area contributed by atoms with Crippen LogP contribution < -0.4 is 9.64 Å². The second-order valence-corrected chi connectivity index (χ2v) is 7.47. The Morgan fingerprint density at radius 1 is 1.10 bits per heavy atom. The number of nitrogens with zero attached hydrogens (tertiary/aromatic N) is 4. The van der Waals surface area contributed by atoms with E-state index < -0.39 is 0 Å². The van der Waals surface area contributed by atoms with Gasteiger partial charge < -0.3 is 19.5 Å². The molecule has 4 rings (SSSR count). The van der Waals surface area contributed by atoms with Gasteiger partial charge in [-0.1, -0.05) is 23.9 Å². The summed E-state index contributed by atoms with van der Waals surface area (Å²) in [6, 6.07) is 10.5. The van der Waals surface area contributed by atoms with Crippen molar-refractivity contribution in [3.63, 3.8) is 0 Å². The summed E-state index contributed by atoms with van der Waals surface area (Å²) in [6.45, 7) is 2.29. The summed E-state index contributed by atoms with van der Waals surface area (Å²) in [5.41, 5.74) is 1.12. The van der Waals surface area contributed by atoms with Gasteiger partial charge in [-0.05, 0) is 29.8 Å². The van der Waals surface area contributed by atoms with Gasteiger partial charge in [-0.3, -0.25) is 0 Å². The fourth-order valence-corrected chi connectivity index (χ4v) is 3.76. The molecule has 1 saturated heterocycles. The number of hydrogen-bond donors (Lipinski definition) is 1. The first-order valence-electron chi connectivity index (χ1n) is 9.22. The highest BCUT2D eigenvalue weighted by Crippen LogP contribution is 2.21. The molecule has 1 aromatic carbocycles. The van der Waals surface area contributed by atoms with E-state index in [1.54, 1.807) is 47.3 Å². The average molecular weight is 413 g/mol. The number of rotatable bonds is 5. The van der Waals surface area contributed by atoms with E-state index in [1.807, 2.05) is 17.0 Å². The summed E-state index contributed by atoms with van der Waals surface area (Å²) in [7, 11) is 0. The zero-order chi connectivity index (χ0) is 20.1. The third-order valence-electron chi connectivity index (χ3n) is 4.55. The maximum atomic E-state index is 13.0. The minimum atomic E-state index is -0.366. The third-order valence-corrected chi connectivity index (χ3v) is 5.53. The van der Waals surface area contributed by atoms with Crippen molar-refractivity contribution in [2.45, 2.75) is 10.9 Å². The number of imidazole rings is 1. The predicted molar refractivity (Wildman–Crippen MR) is 109 cm³/mol. The first kappa shape index (κ1) is 19.3. The number of nitrogens with one attached hydrogen (secondary N) is 1. The van der Waals surface area contributed by atoms with Crippen LogP contribution in [0.4, 0.5) is 15.0 Å². The average Bonchev–Trinajstić information content (AvgIpc) is 3.28. The highest BCUT2D eigenvalue weighted by Gasteiger charge is 2.23. The zero-order valence-electron chi connectivity index (χ0n) is 15.6. The fraction of sp³-hybridized carbons (Fsp3) is 0.250. The van der Waals surface area contributed by atoms with Gasteiger partial charge >= 0.3 is 6.09 Å². The summed E-state index contributed by atoms with van der Waals surface area (Å²) in [5.74, 6) is 1.65. The van der Waals surface area contributed by atoms with E-state index in [9.17, 15) is 9.18 Å². The predicted octanol–water partition coefficient (Wildman–Crippen LogP) is 3.56. The highest BCUT2D eigenvalue weighted by molar-refractivity contribution is 7.98. The van der Waals surface area contributed by atoms with Crippen LogP contribution in [0, 0.1) is 5.82 Å². The number of pyridine rings is 1. The molecule has 0 radical (unpaired) electrons. The van der Waals surface area contributed by atoms with Gasteiger partial charge in [0.05, 0.1) is 6.20 Å².